The van der Waals surface area contributed by atoms with Gasteiger partial charge in [0.2, 0.25) is 0 Å². The van der Waals surface area contributed by atoms with Crippen molar-refractivity contribution in [3.63, 3.8) is 0 Å². The number of fused-ring (bicyclic) bond motifs is 2. The maximum atomic E-state index is 2.39. The lowest BCUT2D eigenvalue weighted by molar-refractivity contribution is 1.17. The van der Waals surface area contributed by atoms with Crippen LogP contribution in [0.1, 0.15) is 0 Å². The highest BCUT2D eigenvalue weighted by Gasteiger charge is 2.24. The summed E-state index contributed by atoms with van der Waals surface area (Å²) in [6.07, 6.45) is 0. The first-order valence-electron chi connectivity index (χ1n) is 19.3. The molecule has 57 heavy (non-hydrogen) atoms. The molecule has 2 nitrogen and oxygen atoms in total. The maximum Gasteiger partial charge on any atom is 0.0601 e. The minimum absolute atomic E-state index is 1.09. The summed E-state index contributed by atoms with van der Waals surface area (Å²) in [6.45, 7) is 0. The fourth-order valence-electron chi connectivity index (χ4n) is 7.80. The van der Waals surface area contributed by atoms with Gasteiger partial charge in [0.1, 0.15) is 0 Å². The molecule has 0 atom stereocenters. The minimum atomic E-state index is 1.09. The van der Waals surface area contributed by atoms with Gasteiger partial charge in [-0.2, -0.15) is 0 Å². The average molecular weight is 747 g/mol. The first kappa shape index (κ1) is 34.4. The summed E-state index contributed by atoms with van der Waals surface area (Å²) < 4.78 is 0. The van der Waals surface area contributed by atoms with E-state index in [0.29, 0.717) is 0 Å². The van der Waals surface area contributed by atoms with Crippen molar-refractivity contribution in [1.82, 2.24) is 0 Å². The molecule has 0 radical (unpaired) electrons. The standard InChI is InChI=1S/C54H38N2S/c1-3-13-39(14-4-1)41-25-31-47(32-26-41)55(48-33-27-42(28-34-48)45-18-11-17-44(37-45)40-15-5-2-6-16-40)49-35-29-43(30-36-49)46-19-12-20-50(38-46)56-51-21-7-9-23-53(51)57-54-24-10-8-22-52(54)56/h1-38H. The van der Waals surface area contributed by atoms with Gasteiger partial charge in [0, 0.05) is 32.5 Å². The molecule has 0 amide bonds. The highest BCUT2D eigenvalue weighted by molar-refractivity contribution is 7.99. The van der Waals surface area contributed by atoms with E-state index in [1.807, 2.05) is 11.8 Å². The normalized spacial score (nSPS) is 11.8. The molecule has 0 aliphatic carbocycles. The van der Waals surface area contributed by atoms with Crippen LogP contribution in [0, 0.1) is 0 Å². The summed E-state index contributed by atoms with van der Waals surface area (Å²) >= 11 is 1.83. The van der Waals surface area contributed by atoms with E-state index in [-0.39, 0.29) is 0 Å². The summed E-state index contributed by atoms with van der Waals surface area (Å²) in [5.74, 6) is 0. The van der Waals surface area contributed by atoms with Crippen molar-refractivity contribution >= 4 is 45.9 Å². The number of anilines is 6. The molecule has 0 bridgehead atoms. The summed E-state index contributed by atoms with van der Waals surface area (Å²) in [6, 6.07) is 83.0. The van der Waals surface area contributed by atoms with Crippen molar-refractivity contribution in [1.29, 1.82) is 0 Å². The van der Waals surface area contributed by atoms with Crippen LogP contribution in [0.2, 0.25) is 0 Å². The molecule has 0 saturated carbocycles. The molecule has 0 fully saturated rings. The first-order valence-corrected chi connectivity index (χ1v) is 20.1. The number of hydrogen-bond donors (Lipinski definition) is 0. The number of hydrogen-bond acceptors (Lipinski definition) is 3. The van der Waals surface area contributed by atoms with Gasteiger partial charge in [-0.15, -0.1) is 0 Å². The lowest BCUT2D eigenvalue weighted by atomic mass is 9.98. The molecule has 0 spiro atoms. The van der Waals surface area contributed by atoms with Crippen LogP contribution in [0.4, 0.5) is 34.1 Å². The maximum absolute atomic E-state index is 2.39. The van der Waals surface area contributed by atoms with Crippen LogP contribution in [0.25, 0.3) is 44.5 Å². The molecule has 9 aromatic carbocycles. The van der Waals surface area contributed by atoms with Gasteiger partial charge >= 0.3 is 0 Å². The Morgan fingerprint density at radius 3 is 1.12 bits per heavy atom. The highest BCUT2D eigenvalue weighted by atomic mass is 32.2. The Hall–Kier alpha value is -7.07. The quantitative estimate of drug-likeness (QED) is 0.153. The Morgan fingerprint density at radius 2 is 0.632 bits per heavy atom. The van der Waals surface area contributed by atoms with Crippen LogP contribution < -0.4 is 9.80 Å². The fraction of sp³-hybridized carbons (Fsp3) is 0. The van der Waals surface area contributed by atoms with E-state index in [1.165, 1.54) is 65.7 Å². The average Bonchev–Trinajstić information content (AvgIpc) is 3.29. The number of para-hydroxylation sites is 2. The Bertz CT molecular complexity index is 2750. The molecular formula is C54H38N2S. The molecule has 3 heteroatoms. The van der Waals surface area contributed by atoms with Gasteiger partial charge in [-0.25, -0.2) is 0 Å². The molecule has 270 valence electrons. The zero-order chi connectivity index (χ0) is 38.0. The molecule has 0 aromatic heterocycles. The van der Waals surface area contributed by atoms with Gasteiger partial charge in [-0.3, -0.25) is 0 Å². The van der Waals surface area contributed by atoms with E-state index < -0.39 is 0 Å². The third kappa shape index (κ3) is 6.90. The highest BCUT2D eigenvalue weighted by Crippen LogP contribution is 2.51. The van der Waals surface area contributed by atoms with Crippen molar-refractivity contribution in [3.8, 4) is 44.5 Å². The molecule has 10 rings (SSSR count). The predicted octanol–water partition coefficient (Wildman–Crippen LogP) is 15.8. The van der Waals surface area contributed by atoms with E-state index >= 15 is 0 Å². The van der Waals surface area contributed by atoms with Gasteiger partial charge in [0.25, 0.3) is 0 Å². The summed E-state index contributed by atoms with van der Waals surface area (Å²) in [7, 11) is 0. The van der Waals surface area contributed by atoms with Crippen LogP contribution in [-0.4, -0.2) is 0 Å². The smallest absolute Gasteiger partial charge is 0.0601 e. The van der Waals surface area contributed by atoms with Gasteiger partial charge in [0.05, 0.1) is 11.4 Å². The number of benzene rings is 9. The molecule has 9 aromatic rings. The first-order chi connectivity index (χ1) is 28.2. The van der Waals surface area contributed by atoms with Crippen molar-refractivity contribution in [2.45, 2.75) is 9.79 Å². The molecule has 0 saturated heterocycles. The van der Waals surface area contributed by atoms with E-state index in [1.54, 1.807) is 0 Å². The van der Waals surface area contributed by atoms with Crippen LogP contribution in [0.3, 0.4) is 0 Å². The topological polar surface area (TPSA) is 6.48 Å². The van der Waals surface area contributed by atoms with E-state index in [2.05, 4.69) is 240 Å². The van der Waals surface area contributed by atoms with Gasteiger partial charge < -0.3 is 9.80 Å². The third-order valence-electron chi connectivity index (χ3n) is 10.7. The summed E-state index contributed by atoms with van der Waals surface area (Å²) in [4.78, 5) is 7.26. The predicted molar refractivity (Wildman–Crippen MR) is 242 cm³/mol. The lowest BCUT2D eigenvalue weighted by Gasteiger charge is -2.33. The lowest BCUT2D eigenvalue weighted by Crippen LogP contribution is -2.14. The van der Waals surface area contributed by atoms with Crippen LogP contribution in [0.5, 0.6) is 0 Å². The summed E-state index contributed by atoms with van der Waals surface area (Å²) in [5, 5.41) is 0. The third-order valence-corrected chi connectivity index (χ3v) is 11.8. The second-order valence-corrected chi connectivity index (χ2v) is 15.3. The molecule has 0 N–H and O–H groups in total. The number of nitrogens with zero attached hydrogens (tertiary/aromatic N) is 2. The van der Waals surface area contributed by atoms with Crippen molar-refractivity contribution in [2.24, 2.45) is 0 Å². The summed E-state index contributed by atoms with van der Waals surface area (Å²) in [5.41, 5.74) is 16.4. The zero-order valence-electron chi connectivity index (χ0n) is 31.2. The molecule has 1 aliphatic heterocycles. The van der Waals surface area contributed by atoms with Gasteiger partial charge in [-0.1, -0.05) is 163 Å². The van der Waals surface area contributed by atoms with Crippen LogP contribution in [-0.2, 0) is 0 Å². The van der Waals surface area contributed by atoms with Crippen molar-refractivity contribution in [2.75, 3.05) is 9.80 Å². The largest absolute Gasteiger partial charge is 0.311 e. The van der Waals surface area contributed by atoms with E-state index in [9.17, 15) is 0 Å². The van der Waals surface area contributed by atoms with E-state index in [0.717, 1.165) is 22.7 Å². The SMILES string of the molecule is c1ccc(-c2ccc(N(c3ccc(-c4cccc(-c5ccccc5)c4)cc3)c3ccc(-c4cccc(N5c6ccccc6Sc6ccccc65)c4)cc3)cc2)cc1. The molecule has 1 aliphatic rings. The fourth-order valence-corrected chi connectivity index (χ4v) is 8.86. The second-order valence-electron chi connectivity index (χ2n) is 14.2. The monoisotopic (exact) mass is 746 g/mol. The Morgan fingerprint density at radius 1 is 0.281 bits per heavy atom. The Kier molecular flexibility index (Phi) is 9.19. The van der Waals surface area contributed by atoms with Crippen LogP contribution >= 0.6 is 11.8 Å². The van der Waals surface area contributed by atoms with Crippen LogP contribution in [0.15, 0.2) is 240 Å². The van der Waals surface area contributed by atoms with Gasteiger partial charge in [0.15, 0.2) is 0 Å². The van der Waals surface area contributed by atoms with Gasteiger partial charge in [-0.05, 0) is 123 Å². The molecule has 1 heterocycles. The van der Waals surface area contributed by atoms with Crippen molar-refractivity contribution in [3.05, 3.63) is 231 Å². The Labute approximate surface area is 339 Å². The molecule has 0 unspecified atom stereocenters. The number of rotatable bonds is 8. The Balaban J connectivity index is 0.995. The zero-order valence-corrected chi connectivity index (χ0v) is 32.1. The van der Waals surface area contributed by atoms with E-state index in [4.69, 9.17) is 0 Å². The minimum Gasteiger partial charge on any atom is -0.311 e. The molecular weight excluding hydrogens is 709 g/mol. The second kappa shape index (κ2) is 15.2. The van der Waals surface area contributed by atoms with Crippen molar-refractivity contribution < 1.29 is 0 Å².